The molecule has 0 bridgehead atoms. The van der Waals surface area contributed by atoms with Crippen molar-refractivity contribution in [1.29, 1.82) is 0 Å². The van der Waals surface area contributed by atoms with Gasteiger partial charge in [-0.05, 0) is 27.7 Å². The minimum absolute atomic E-state index is 0.174. The van der Waals surface area contributed by atoms with Crippen molar-refractivity contribution in [3.63, 3.8) is 0 Å². The van der Waals surface area contributed by atoms with Gasteiger partial charge in [0.2, 0.25) is 0 Å². The molecule has 0 aromatic heterocycles. The lowest BCUT2D eigenvalue weighted by Gasteiger charge is -2.24. The zero-order valence-electron chi connectivity index (χ0n) is 8.93. The summed E-state index contributed by atoms with van der Waals surface area (Å²) in [6.07, 6.45) is 0. The lowest BCUT2D eigenvalue weighted by Crippen LogP contribution is -2.40. The van der Waals surface area contributed by atoms with E-state index in [1.165, 1.54) is 0 Å². The van der Waals surface area contributed by atoms with E-state index in [1.807, 2.05) is 20.8 Å². The minimum Gasteiger partial charge on any atom is -0.488 e. The summed E-state index contributed by atoms with van der Waals surface area (Å²) in [7, 11) is 0. The highest BCUT2D eigenvalue weighted by atomic mass is 16.5. The normalized spacial score (nSPS) is 11.7. The zero-order chi connectivity index (χ0) is 10.9. The number of anilines is 1. The topological polar surface area (TPSA) is 55.4 Å². The molecule has 0 saturated heterocycles. The molecule has 0 aliphatic carbocycles. The van der Waals surface area contributed by atoms with E-state index in [0.29, 0.717) is 12.3 Å². The largest absolute Gasteiger partial charge is 0.488 e. The predicted molar refractivity (Wildman–Crippen MR) is 55.9 cm³/mol. The summed E-state index contributed by atoms with van der Waals surface area (Å²) < 4.78 is 5.07. The van der Waals surface area contributed by atoms with Gasteiger partial charge in [0, 0.05) is 5.54 Å². The maximum Gasteiger partial charge on any atom is 0.272 e. The first kappa shape index (κ1) is 10.8. The van der Waals surface area contributed by atoms with Crippen LogP contribution < -0.4 is 20.9 Å². The summed E-state index contributed by atoms with van der Waals surface area (Å²) in [5.74, 6) is 0.174. The van der Waals surface area contributed by atoms with Crippen molar-refractivity contribution in [2.75, 3.05) is 11.9 Å². The molecule has 0 aliphatic heterocycles. The number of ether oxygens (including phenoxy) is 1. The molecule has 1 aromatic rings. The van der Waals surface area contributed by atoms with Crippen LogP contribution in [0.25, 0.3) is 0 Å². The van der Waals surface area contributed by atoms with Crippen molar-refractivity contribution in [3.05, 3.63) is 20.4 Å². The molecule has 0 heterocycles. The highest BCUT2D eigenvalue weighted by Gasteiger charge is 2.25. The first-order chi connectivity index (χ1) is 6.37. The maximum absolute atomic E-state index is 11.2. The molecule has 0 unspecified atom stereocenters. The summed E-state index contributed by atoms with van der Waals surface area (Å²) in [4.78, 5) is 22.2. The number of hydrogen-bond donors (Lipinski definition) is 1. The Hall–Kier alpha value is -1.32. The molecule has 0 amide bonds. The van der Waals surface area contributed by atoms with E-state index in [4.69, 9.17) is 4.74 Å². The van der Waals surface area contributed by atoms with Crippen LogP contribution in [0.15, 0.2) is 9.59 Å². The molecule has 4 heteroatoms. The second-order valence-corrected chi connectivity index (χ2v) is 4.17. The van der Waals surface area contributed by atoms with Crippen LogP contribution in [0.4, 0.5) is 5.69 Å². The molecular formula is C10H15NO3. The highest BCUT2D eigenvalue weighted by Crippen LogP contribution is 2.21. The summed E-state index contributed by atoms with van der Waals surface area (Å²) in [6, 6.07) is 0. The van der Waals surface area contributed by atoms with E-state index in [-0.39, 0.29) is 11.3 Å². The van der Waals surface area contributed by atoms with Gasteiger partial charge in [-0.25, -0.2) is 0 Å². The molecule has 0 atom stereocenters. The fourth-order valence-corrected chi connectivity index (χ4v) is 1.14. The van der Waals surface area contributed by atoms with Gasteiger partial charge in [0.15, 0.2) is 5.75 Å². The standard InChI is InChI=1S/C10H15NO3/c1-5-14-9-6(7(12)8(9)13)11-10(2,3)4/h11H,5H2,1-4H3. The summed E-state index contributed by atoms with van der Waals surface area (Å²) in [5, 5.41) is 2.95. The van der Waals surface area contributed by atoms with Gasteiger partial charge in [0.25, 0.3) is 10.9 Å². The van der Waals surface area contributed by atoms with Crippen molar-refractivity contribution < 1.29 is 4.74 Å². The minimum atomic E-state index is -0.529. The summed E-state index contributed by atoms with van der Waals surface area (Å²) in [6.45, 7) is 7.92. The van der Waals surface area contributed by atoms with Crippen molar-refractivity contribution >= 4 is 5.69 Å². The van der Waals surface area contributed by atoms with Crippen molar-refractivity contribution in [1.82, 2.24) is 0 Å². The first-order valence-electron chi connectivity index (χ1n) is 4.61. The summed E-state index contributed by atoms with van der Waals surface area (Å²) in [5.41, 5.74) is -0.944. The molecule has 1 aromatic carbocycles. The van der Waals surface area contributed by atoms with Gasteiger partial charge in [0.05, 0.1) is 6.61 Å². The zero-order valence-corrected chi connectivity index (χ0v) is 8.93. The molecule has 0 aliphatic rings. The monoisotopic (exact) mass is 197 g/mol. The molecule has 0 fully saturated rings. The molecular weight excluding hydrogens is 182 g/mol. The molecule has 0 radical (unpaired) electrons. The Kier molecular flexibility index (Phi) is 2.64. The third-order valence-electron chi connectivity index (χ3n) is 1.66. The molecule has 1 N–H and O–H groups in total. The molecule has 14 heavy (non-hydrogen) atoms. The van der Waals surface area contributed by atoms with Gasteiger partial charge < -0.3 is 10.1 Å². The van der Waals surface area contributed by atoms with Crippen LogP contribution in [0, 0.1) is 0 Å². The van der Waals surface area contributed by atoms with Crippen LogP contribution in [0.2, 0.25) is 0 Å². The van der Waals surface area contributed by atoms with E-state index in [0.717, 1.165) is 0 Å². The average Bonchev–Trinajstić information content (AvgIpc) is 2.09. The van der Waals surface area contributed by atoms with Gasteiger partial charge in [-0.1, -0.05) is 0 Å². The van der Waals surface area contributed by atoms with Crippen LogP contribution >= 0.6 is 0 Å². The van der Waals surface area contributed by atoms with E-state index in [9.17, 15) is 9.59 Å². The van der Waals surface area contributed by atoms with Crippen LogP contribution in [0.3, 0.4) is 0 Å². The Morgan fingerprint density at radius 2 is 1.79 bits per heavy atom. The van der Waals surface area contributed by atoms with Crippen molar-refractivity contribution in [2.24, 2.45) is 0 Å². The van der Waals surface area contributed by atoms with E-state index < -0.39 is 10.9 Å². The number of hydrogen-bond acceptors (Lipinski definition) is 4. The lowest BCUT2D eigenvalue weighted by molar-refractivity contribution is 0.334. The third kappa shape index (κ3) is 1.95. The van der Waals surface area contributed by atoms with Gasteiger partial charge in [-0.3, -0.25) is 9.59 Å². The molecule has 78 valence electrons. The Morgan fingerprint density at radius 1 is 1.21 bits per heavy atom. The number of nitrogens with one attached hydrogen (secondary N) is 1. The highest BCUT2D eigenvalue weighted by molar-refractivity contribution is 5.62. The fraction of sp³-hybridized carbons (Fsp3) is 0.600. The average molecular weight is 197 g/mol. The first-order valence-corrected chi connectivity index (χ1v) is 4.61. The molecule has 4 nitrogen and oxygen atoms in total. The van der Waals surface area contributed by atoms with E-state index in [1.54, 1.807) is 6.92 Å². The Bertz CT molecular complexity index is 394. The van der Waals surface area contributed by atoms with Crippen molar-refractivity contribution in [3.8, 4) is 5.75 Å². The third-order valence-corrected chi connectivity index (χ3v) is 1.66. The molecule has 0 saturated carbocycles. The van der Waals surface area contributed by atoms with E-state index >= 15 is 0 Å². The predicted octanol–water partition coefficient (Wildman–Crippen LogP) is 0.892. The Labute approximate surface area is 82.6 Å². The SMILES string of the molecule is CCOc1c(NC(C)(C)C)c(=O)c1=O. The molecule has 0 spiro atoms. The van der Waals surface area contributed by atoms with Crippen LogP contribution in [-0.4, -0.2) is 12.1 Å². The number of rotatable bonds is 3. The fourth-order valence-electron chi connectivity index (χ4n) is 1.14. The van der Waals surface area contributed by atoms with Crippen LogP contribution in [-0.2, 0) is 0 Å². The smallest absolute Gasteiger partial charge is 0.272 e. The second-order valence-electron chi connectivity index (χ2n) is 4.17. The van der Waals surface area contributed by atoms with E-state index in [2.05, 4.69) is 5.32 Å². The van der Waals surface area contributed by atoms with Gasteiger partial charge in [0.1, 0.15) is 5.69 Å². The van der Waals surface area contributed by atoms with Gasteiger partial charge in [-0.15, -0.1) is 0 Å². The summed E-state index contributed by atoms with van der Waals surface area (Å²) >= 11 is 0. The second kappa shape index (κ2) is 3.44. The maximum atomic E-state index is 11.2. The lowest BCUT2D eigenvalue weighted by atomic mass is 10.1. The Balaban J connectivity index is 2.93. The van der Waals surface area contributed by atoms with Gasteiger partial charge in [-0.2, -0.15) is 0 Å². The Morgan fingerprint density at radius 3 is 2.21 bits per heavy atom. The van der Waals surface area contributed by atoms with Crippen molar-refractivity contribution in [2.45, 2.75) is 33.2 Å². The quantitative estimate of drug-likeness (QED) is 0.731. The van der Waals surface area contributed by atoms with Crippen LogP contribution in [0.1, 0.15) is 27.7 Å². The molecule has 1 rings (SSSR count). The van der Waals surface area contributed by atoms with Gasteiger partial charge >= 0.3 is 0 Å². The van der Waals surface area contributed by atoms with Crippen LogP contribution in [0.5, 0.6) is 5.75 Å².